The maximum Gasteiger partial charge on any atom is 0.0952 e. The highest BCUT2D eigenvalue weighted by molar-refractivity contribution is 9.10. The van der Waals surface area contributed by atoms with E-state index < -0.39 is 0 Å². The molecular weight excluding hydrogens is 308 g/mol. The number of aromatic nitrogens is 2. The maximum absolute atomic E-state index is 4.06. The molecule has 2 rings (SSSR count). The fourth-order valence-corrected chi connectivity index (χ4v) is 1.94. The Morgan fingerprint density at radius 1 is 1.07 bits per heavy atom. The third-order valence-corrected chi connectivity index (χ3v) is 2.90. The molecule has 0 atom stereocenters. The Morgan fingerprint density at radius 2 is 1.86 bits per heavy atom. The minimum absolute atomic E-state index is 0.854. The van der Waals surface area contributed by atoms with Crippen LogP contribution in [0.15, 0.2) is 45.5 Å². The van der Waals surface area contributed by atoms with Crippen LogP contribution in [0, 0.1) is 0 Å². The van der Waals surface area contributed by atoms with E-state index in [0.717, 1.165) is 20.2 Å². The van der Waals surface area contributed by atoms with E-state index in [0.29, 0.717) is 0 Å². The van der Waals surface area contributed by atoms with E-state index in [2.05, 4.69) is 42.1 Å². The largest absolute Gasteiger partial charge is 0.157 e. The minimum Gasteiger partial charge on any atom is -0.157 e. The Balaban J connectivity index is 2.55. The van der Waals surface area contributed by atoms with Gasteiger partial charge < -0.3 is 0 Å². The second-order valence-corrected chi connectivity index (χ2v) is 4.51. The lowest BCUT2D eigenvalue weighted by atomic mass is 10.1. The first-order chi connectivity index (χ1) is 6.77. The molecule has 0 bridgehead atoms. The average Bonchev–Trinajstić information content (AvgIpc) is 2.18. The number of halogens is 2. The molecule has 0 saturated heterocycles. The van der Waals surface area contributed by atoms with Gasteiger partial charge in [0.05, 0.1) is 11.9 Å². The van der Waals surface area contributed by atoms with E-state index in [9.17, 15) is 0 Å². The Morgan fingerprint density at radius 3 is 2.57 bits per heavy atom. The molecule has 4 heteroatoms. The van der Waals surface area contributed by atoms with Crippen molar-refractivity contribution in [3.63, 3.8) is 0 Å². The molecule has 1 heterocycles. The average molecular weight is 314 g/mol. The highest BCUT2D eigenvalue weighted by Gasteiger charge is 2.03. The van der Waals surface area contributed by atoms with Gasteiger partial charge in [0.1, 0.15) is 0 Å². The Hall–Kier alpha value is -0.740. The first kappa shape index (κ1) is 9.80. The van der Waals surface area contributed by atoms with Crippen molar-refractivity contribution < 1.29 is 0 Å². The number of nitrogens with zero attached hydrogens (tertiary/aromatic N) is 2. The summed E-state index contributed by atoms with van der Waals surface area (Å²) in [5, 5.41) is 7.94. The molecule has 2 nitrogen and oxygen atoms in total. The van der Waals surface area contributed by atoms with Gasteiger partial charge in [-0.05, 0) is 28.1 Å². The van der Waals surface area contributed by atoms with Crippen molar-refractivity contribution in [2.45, 2.75) is 0 Å². The lowest BCUT2D eigenvalue weighted by Gasteiger charge is -2.02. The molecule has 0 aliphatic rings. The molecule has 0 fully saturated rings. The first-order valence-corrected chi connectivity index (χ1v) is 5.59. The Labute approximate surface area is 98.6 Å². The Bertz CT molecular complexity index is 457. The van der Waals surface area contributed by atoms with Gasteiger partial charge in [-0.25, -0.2) is 0 Å². The van der Waals surface area contributed by atoms with Crippen molar-refractivity contribution in [3.05, 3.63) is 45.5 Å². The summed E-state index contributed by atoms with van der Waals surface area (Å²) in [6.45, 7) is 0. The third kappa shape index (κ3) is 2.01. The Kier molecular flexibility index (Phi) is 2.93. The first-order valence-electron chi connectivity index (χ1n) is 4.00. The van der Waals surface area contributed by atoms with Crippen LogP contribution >= 0.6 is 31.9 Å². The molecule has 1 aromatic carbocycles. The molecule has 0 saturated carbocycles. The normalized spacial score (nSPS) is 10.1. The summed E-state index contributed by atoms with van der Waals surface area (Å²) in [5.41, 5.74) is 1.90. The fraction of sp³-hybridized carbons (Fsp3) is 0. The lowest BCUT2D eigenvalue weighted by molar-refractivity contribution is 1.03. The predicted octanol–water partition coefficient (Wildman–Crippen LogP) is 3.67. The van der Waals surface area contributed by atoms with Gasteiger partial charge >= 0.3 is 0 Å². The van der Waals surface area contributed by atoms with Gasteiger partial charge in [-0.1, -0.05) is 34.1 Å². The second kappa shape index (κ2) is 4.19. The van der Waals surface area contributed by atoms with Crippen molar-refractivity contribution in [3.8, 4) is 11.3 Å². The molecule has 0 unspecified atom stereocenters. The van der Waals surface area contributed by atoms with Crippen LogP contribution in [0.2, 0.25) is 0 Å². The molecule has 0 radical (unpaired) electrons. The van der Waals surface area contributed by atoms with Crippen LogP contribution < -0.4 is 0 Å². The van der Waals surface area contributed by atoms with Gasteiger partial charge in [-0.2, -0.15) is 10.2 Å². The van der Waals surface area contributed by atoms with Crippen molar-refractivity contribution in [1.29, 1.82) is 0 Å². The molecule has 14 heavy (non-hydrogen) atoms. The van der Waals surface area contributed by atoms with Crippen molar-refractivity contribution in [2.75, 3.05) is 0 Å². The van der Waals surface area contributed by atoms with E-state index in [1.54, 1.807) is 6.20 Å². The zero-order valence-electron chi connectivity index (χ0n) is 7.11. The SMILES string of the molecule is Brc1cnnc(-c2ccccc2Br)c1. The summed E-state index contributed by atoms with van der Waals surface area (Å²) < 4.78 is 1.95. The van der Waals surface area contributed by atoms with E-state index in [1.807, 2.05) is 30.3 Å². The maximum atomic E-state index is 4.06. The molecule has 0 aliphatic heterocycles. The fourth-order valence-electron chi connectivity index (χ4n) is 1.14. The van der Waals surface area contributed by atoms with Gasteiger partial charge in [-0.15, -0.1) is 0 Å². The molecule has 1 aromatic heterocycles. The zero-order chi connectivity index (χ0) is 9.97. The van der Waals surface area contributed by atoms with Crippen molar-refractivity contribution >= 4 is 31.9 Å². The van der Waals surface area contributed by atoms with Crippen LogP contribution in [-0.2, 0) is 0 Å². The van der Waals surface area contributed by atoms with E-state index in [1.165, 1.54) is 0 Å². The van der Waals surface area contributed by atoms with E-state index in [-0.39, 0.29) is 0 Å². The van der Waals surface area contributed by atoms with Gasteiger partial charge in [0.25, 0.3) is 0 Å². The van der Waals surface area contributed by atoms with Crippen LogP contribution in [-0.4, -0.2) is 10.2 Å². The molecule has 0 amide bonds. The summed E-state index contributed by atoms with van der Waals surface area (Å²) in [4.78, 5) is 0. The molecule has 0 spiro atoms. The quantitative estimate of drug-likeness (QED) is 0.803. The van der Waals surface area contributed by atoms with Crippen molar-refractivity contribution in [1.82, 2.24) is 10.2 Å². The topological polar surface area (TPSA) is 25.8 Å². The third-order valence-electron chi connectivity index (χ3n) is 1.77. The molecule has 0 N–H and O–H groups in total. The number of hydrogen-bond donors (Lipinski definition) is 0. The number of benzene rings is 1. The zero-order valence-corrected chi connectivity index (χ0v) is 10.3. The monoisotopic (exact) mass is 312 g/mol. The highest BCUT2D eigenvalue weighted by Crippen LogP contribution is 2.26. The number of hydrogen-bond acceptors (Lipinski definition) is 2. The summed E-state index contributed by atoms with van der Waals surface area (Å²) in [5.74, 6) is 0. The van der Waals surface area contributed by atoms with Crippen molar-refractivity contribution in [2.24, 2.45) is 0 Å². The summed E-state index contributed by atoms with van der Waals surface area (Å²) in [6.07, 6.45) is 1.67. The van der Waals surface area contributed by atoms with E-state index in [4.69, 9.17) is 0 Å². The van der Waals surface area contributed by atoms with Crippen LogP contribution in [0.1, 0.15) is 0 Å². The summed E-state index contributed by atoms with van der Waals surface area (Å²) in [7, 11) is 0. The van der Waals surface area contributed by atoms with Crippen LogP contribution in [0.5, 0.6) is 0 Å². The van der Waals surface area contributed by atoms with E-state index >= 15 is 0 Å². The van der Waals surface area contributed by atoms with Gasteiger partial charge in [0.15, 0.2) is 0 Å². The second-order valence-electron chi connectivity index (χ2n) is 2.74. The lowest BCUT2D eigenvalue weighted by Crippen LogP contribution is -1.87. The van der Waals surface area contributed by atoms with Gasteiger partial charge in [0, 0.05) is 14.5 Å². The minimum atomic E-state index is 0.854. The standard InChI is InChI=1S/C10H6Br2N2/c11-7-5-10(14-13-6-7)8-3-1-2-4-9(8)12/h1-6H. The van der Waals surface area contributed by atoms with Gasteiger partial charge in [0.2, 0.25) is 0 Å². The smallest absolute Gasteiger partial charge is 0.0952 e. The predicted molar refractivity (Wildman–Crippen MR) is 62.9 cm³/mol. The molecule has 70 valence electrons. The number of rotatable bonds is 1. The highest BCUT2D eigenvalue weighted by atomic mass is 79.9. The van der Waals surface area contributed by atoms with Crippen LogP contribution in [0.25, 0.3) is 11.3 Å². The van der Waals surface area contributed by atoms with Gasteiger partial charge in [-0.3, -0.25) is 0 Å². The summed E-state index contributed by atoms with van der Waals surface area (Å²) >= 11 is 6.84. The molecule has 0 aliphatic carbocycles. The summed E-state index contributed by atoms with van der Waals surface area (Å²) in [6, 6.07) is 9.87. The van der Waals surface area contributed by atoms with Crippen LogP contribution in [0.4, 0.5) is 0 Å². The molecular formula is C10H6Br2N2. The molecule has 2 aromatic rings. The van der Waals surface area contributed by atoms with Crippen LogP contribution in [0.3, 0.4) is 0 Å².